The first kappa shape index (κ1) is 17.9. The van der Waals surface area contributed by atoms with Crippen LogP contribution in [-0.2, 0) is 32.0 Å². The van der Waals surface area contributed by atoms with E-state index in [4.69, 9.17) is 10.2 Å². The van der Waals surface area contributed by atoms with Crippen LogP contribution in [0.3, 0.4) is 0 Å². The van der Waals surface area contributed by atoms with E-state index >= 15 is 0 Å². The summed E-state index contributed by atoms with van der Waals surface area (Å²) in [4.78, 5) is 19.7. The fourth-order valence-electron chi connectivity index (χ4n) is 0.253. The van der Waals surface area contributed by atoms with Crippen LogP contribution in [0.1, 0.15) is 6.42 Å². The second kappa shape index (κ2) is 9.12. The molecule has 7 heteroatoms. The van der Waals surface area contributed by atoms with Crippen LogP contribution < -0.4 is 0 Å². The molecule has 11 heavy (non-hydrogen) atoms. The van der Waals surface area contributed by atoms with E-state index in [1.165, 1.54) is 0 Å². The Balaban J connectivity index is -0.000000320. The fourth-order valence-corrected chi connectivity index (χ4v) is 0.409. The van der Waals surface area contributed by atoms with Crippen molar-refractivity contribution in [2.24, 2.45) is 0 Å². The van der Waals surface area contributed by atoms with Gasteiger partial charge in [0.1, 0.15) is 5.25 Å². The van der Waals surface area contributed by atoms with Crippen LogP contribution in [0, 0.1) is 0 Å². The van der Waals surface area contributed by atoms with E-state index in [1.54, 1.807) is 0 Å². The van der Waals surface area contributed by atoms with Gasteiger partial charge in [-0.1, -0.05) is 0 Å². The van der Waals surface area contributed by atoms with Gasteiger partial charge in [-0.2, -0.15) is 12.6 Å². The van der Waals surface area contributed by atoms with Crippen molar-refractivity contribution in [2.45, 2.75) is 11.7 Å². The van der Waals surface area contributed by atoms with Crippen molar-refractivity contribution in [1.29, 1.82) is 0 Å². The maximum absolute atomic E-state index is 9.90. The molecular formula is C4H7AuNaO4S. The van der Waals surface area contributed by atoms with Crippen molar-refractivity contribution < 1.29 is 42.2 Å². The molecule has 1 radical (unpaired) electrons. The van der Waals surface area contributed by atoms with Gasteiger partial charge in [-0.25, -0.2) is 0 Å². The zero-order chi connectivity index (χ0) is 7.44. The van der Waals surface area contributed by atoms with Crippen LogP contribution in [-0.4, -0.2) is 57.0 Å². The summed E-state index contributed by atoms with van der Waals surface area (Å²) in [6.45, 7) is 0. The summed E-state index contributed by atoms with van der Waals surface area (Å²) in [6.07, 6.45) is -0.446. The van der Waals surface area contributed by atoms with Crippen molar-refractivity contribution in [3.63, 3.8) is 0 Å². The third kappa shape index (κ3) is 11.0. The molecule has 2 N–H and O–H groups in total. The molecule has 0 saturated carbocycles. The van der Waals surface area contributed by atoms with Gasteiger partial charge in [-0.15, -0.1) is 0 Å². The molecule has 0 aliphatic carbocycles. The number of hydrogen-bond acceptors (Lipinski definition) is 3. The van der Waals surface area contributed by atoms with E-state index in [9.17, 15) is 9.59 Å². The third-order valence-electron chi connectivity index (χ3n) is 0.653. The van der Waals surface area contributed by atoms with E-state index in [0.29, 0.717) is 0 Å². The monoisotopic (exact) mass is 371 g/mol. The molecule has 0 aromatic heterocycles. The summed E-state index contributed by atoms with van der Waals surface area (Å²) in [7, 11) is 0. The normalized spacial score (nSPS) is 10.3. The van der Waals surface area contributed by atoms with Crippen LogP contribution in [0.5, 0.6) is 0 Å². The van der Waals surface area contributed by atoms with Gasteiger partial charge in [0, 0.05) is 22.4 Å². The standard InChI is InChI=1S/C4H6O4S.Au.Na.H/c5-3(6)1-2(9)4(7)8;;;/h2,9H,1H2,(H,5,6)(H,7,8);;;. The van der Waals surface area contributed by atoms with Gasteiger partial charge in [0.2, 0.25) is 0 Å². The maximum atomic E-state index is 9.90. The summed E-state index contributed by atoms with van der Waals surface area (Å²) in [5.41, 5.74) is 0. The molecule has 0 bridgehead atoms. The average molecular weight is 371 g/mol. The first-order valence-electron chi connectivity index (χ1n) is 2.16. The number of thiol groups is 1. The molecule has 65 valence electrons. The van der Waals surface area contributed by atoms with Crippen molar-refractivity contribution in [3.8, 4) is 0 Å². The Morgan fingerprint density at radius 3 is 1.82 bits per heavy atom. The number of carboxylic acid groups (broad SMARTS) is 2. The van der Waals surface area contributed by atoms with E-state index in [-0.39, 0.29) is 51.9 Å². The van der Waals surface area contributed by atoms with Gasteiger partial charge in [-0.05, 0) is 0 Å². The third-order valence-corrected chi connectivity index (χ3v) is 1.06. The number of aliphatic carboxylic acids is 2. The minimum absolute atomic E-state index is 0. The second-order valence-electron chi connectivity index (χ2n) is 1.45. The Labute approximate surface area is 107 Å². The van der Waals surface area contributed by atoms with Crippen molar-refractivity contribution in [1.82, 2.24) is 0 Å². The molecule has 0 aromatic rings. The number of hydrogen-bond donors (Lipinski definition) is 3. The topological polar surface area (TPSA) is 74.6 Å². The Morgan fingerprint density at radius 1 is 1.36 bits per heavy atom. The van der Waals surface area contributed by atoms with E-state index in [2.05, 4.69) is 12.6 Å². The van der Waals surface area contributed by atoms with Gasteiger partial charge in [0.05, 0.1) is 6.42 Å². The average Bonchev–Trinajstić information content (AvgIpc) is 1.63. The Kier molecular flexibility index (Phi) is 14.9. The zero-order valence-electron chi connectivity index (χ0n) is 4.74. The number of carboxylic acids is 2. The van der Waals surface area contributed by atoms with E-state index in [0.717, 1.165) is 0 Å². The molecule has 4 nitrogen and oxygen atoms in total. The molecule has 0 heterocycles. The molecule has 0 spiro atoms. The molecule has 0 aromatic carbocycles. The van der Waals surface area contributed by atoms with Gasteiger partial charge in [0.15, 0.2) is 0 Å². The first-order valence-corrected chi connectivity index (χ1v) is 2.68. The molecule has 0 rings (SSSR count). The van der Waals surface area contributed by atoms with Crippen LogP contribution >= 0.6 is 12.6 Å². The Hall–Kier alpha value is 1.03. The van der Waals surface area contributed by atoms with Gasteiger partial charge >= 0.3 is 41.5 Å². The summed E-state index contributed by atoms with van der Waals surface area (Å²) in [6, 6.07) is 0. The Morgan fingerprint density at radius 2 is 1.73 bits per heavy atom. The molecular weight excluding hydrogens is 364 g/mol. The van der Waals surface area contributed by atoms with Gasteiger partial charge < -0.3 is 10.2 Å². The summed E-state index contributed by atoms with van der Waals surface area (Å²) >= 11 is 3.48. The minimum atomic E-state index is -1.21. The molecule has 1 atom stereocenters. The van der Waals surface area contributed by atoms with E-state index in [1.807, 2.05) is 0 Å². The molecule has 1 unspecified atom stereocenters. The van der Waals surface area contributed by atoms with Crippen LogP contribution in [0.25, 0.3) is 0 Å². The summed E-state index contributed by atoms with van der Waals surface area (Å²) < 4.78 is 0. The predicted molar refractivity (Wildman–Crippen MR) is 39.8 cm³/mol. The molecule has 0 amide bonds. The summed E-state index contributed by atoms with van der Waals surface area (Å²) in [5, 5.41) is 15.0. The van der Waals surface area contributed by atoms with Crippen molar-refractivity contribution in [3.05, 3.63) is 0 Å². The number of carbonyl (C=O) groups is 2. The second-order valence-corrected chi connectivity index (χ2v) is 2.08. The molecule has 0 aliphatic heterocycles. The predicted octanol–water partition coefficient (Wildman–Crippen LogP) is -0.807. The van der Waals surface area contributed by atoms with Crippen LogP contribution in [0.15, 0.2) is 0 Å². The quantitative estimate of drug-likeness (QED) is 0.449. The SMILES string of the molecule is O=C(O)CC(S)C(=O)O.[Au].[NaH]. The molecule has 0 aliphatic rings. The fraction of sp³-hybridized carbons (Fsp3) is 0.500. The van der Waals surface area contributed by atoms with Crippen LogP contribution in [0.2, 0.25) is 0 Å². The van der Waals surface area contributed by atoms with Crippen molar-refractivity contribution >= 4 is 54.1 Å². The van der Waals surface area contributed by atoms with Gasteiger partial charge in [0.25, 0.3) is 0 Å². The van der Waals surface area contributed by atoms with Gasteiger partial charge in [-0.3, -0.25) is 9.59 Å². The zero-order valence-corrected chi connectivity index (χ0v) is 7.80. The molecule has 0 saturated heterocycles. The first-order chi connectivity index (χ1) is 4.04. The van der Waals surface area contributed by atoms with Crippen molar-refractivity contribution in [2.75, 3.05) is 0 Å². The van der Waals surface area contributed by atoms with Crippen LogP contribution in [0.4, 0.5) is 0 Å². The molecule has 0 fully saturated rings. The number of rotatable bonds is 3. The van der Waals surface area contributed by atoms with E-state index < -0.39 is 23.6 Å². The summed E-state index contributed by atoms with van der Waals surface area (Å²) in [5.74, 6) is -2.36. The Bertz CT molecular complexity index is 142.